The molecule has 1 aliphatic rings. The third kappa shape index (κ3) is 3.99. The first-order valence-electron chi connectivity index (χ1n) is 11.6. The number of esters is 1. The van der Waals surface area contributed by atoms with Gasteiger partial charge in [-0.15, -0.1) is 0 Å². The minimum atomic E-state index is -0.388. The summed E-state index contributed by atoms with van der Waals surface area (Å²) in [6.07, 6.45) is 1.77. The second kappa shape index (κ2) is 9.47. The van der Waals surface area contributed by atoms with Crippen molar-refractivity contribution in [2.45, 2.75) is 25.9 Å². The quantitative estimate of drug-likeness (QED) is 0.291. The summed E-state index contributed by atoms with van der Waals surface area (Å²) in [4.78, 5) is 19.2. The summed E-state index contributed by atoms with van der Waals surface area (Å²) < 4.78 is 7.12. The maximum atomic E-state index is 12.5. The van der Waals surface area contributed by atoms with Crippen LogP contribution in [0.25, 0.3) is 5.69 Å². The Bertz CT molecular complexity index is 1430. The lowest BCUT2D eigenvalue weighted by Gasteiger charge is -2.28. The first-order valence-corrected chi connectivity index (χ1v) is 12.0. The predicted octanol–water partition coefficient (Wildman–Crippen LogP) is 5.16. The van der Waals surface area contributed by atoms with Gasteiger partial charge in [0, 0.05) is 23.3 Å². The number of aromatic hydroxyl groups is 1. The summed E-state index contributed by atoms with van der Waals surface area (Å²) in [6, 6.07) is 22.0. The lowest BCUT2D eigenvalue weighted by Crippen LogP contribution is -2.29. The Hall–Kier alpha value is -4.17. The van der Waals surface area contributed by atoms with Gasteiger partial charge in [-0.05, 0) is 86.2 Å². The third-order valence-electron chi connectivity index (χ3n) is 6.57. The highest BCUT2D eigenvalue weighted by Gasteiger charge is 2.42. The van der Waals surface area contributed by atoms with Crippen molar-refractivity contribution in [1.29, 1.82) is 0 Å². The van der Waals surface area contributed by atoms with E-state index in [0.717, 1.165) is 34.0 Å². The summed E-state index contributed by atoms with van der Waals surface area (Å²) in [5.41, 5.74) is 5.96. The molecule has 2 aromatic heterocycles. The van der Waals surface area contributed by atoms with Crippen molar-refractivity contribution < 1.29 is 14.6 Å². The fourth-order valence-electron chi connectivity index (χ4n) is 4.97. The predicted molar refractivity (Wildman–Crippen MR) is 143 cm³/mol. The number of hydrogen-bond acceptors (Lipinski definition) is 5. The Labute approximate surface area is 215 Å². The summed E-state index contributed by atoms with van der Waals surface area (Å²) in [5.74, 6) is -0.201. The Morgan fingerprint density at radius 1 is 1.06 bits per heavy atom. The molecule has 7 nitrogen and oxygen atoms in total. The number of ether oxygens (including phenoxy) is 1. The second-order valence-electron chi connectivity index (χ2n) is 8.68. The van der Waals surface area contributed by atoms with Crippen LogP contribution in [-0.2, 0) is 4.74 Å². The number of nitrogens with zero attached hydrogens (tertiary/aromatic N) is 3. The first-order chi connectivity index (χ1) is 17.4. The van der Waals surface area contributed by atoms with Crippen LogP contribution in [0.1, 0.15) is 45.1 Å². The van der Waals surface area contributed by atoms with Crippen molar-refractivity contribution >= 4 is 29.0 Å². The number of aromatic nitrogens is 2. The van der Waals surface area contributed by atoms with E-state index < -0.39 is 0 Å². The van der Waals surface area contributed by atoms with Gasteiger partial charge in [-0.3, -0.25) is 4.98 Å². The minimum absolute atomic E-state index is 0.187. The highest BCUT2D eigenvalue weighted by Crippen LogP contribution is 2.44. The van der Waals surface area contributed by atoms with Gasteiger partial charge in [0.05, 0.1) is 36.1 Å². The van der Waals surface area contributed by atoms with Crippen LogP contribution < -0.4 is 10.2 Å². The number of nitrogens with one attached hydrogen (secondary N) is 1. The summed E-state index contributed by atoms with van der Waals surface area (Å²) in [6.45, 7) is 4.06. The maximum Gasteiger partial charge on any atom is 0.339 e. The highest BCUT2D eigenvalue weighted by atomic mass is 32.1. The maximum absolute atomic E-state index is 12.5. The lowest BCUT2D eigenvalue weighted by atomic mass is 9.96. The molecule has 5 rings (SSSR count). The number of phenolic OH excluding ortho intramolecular Hbond substituents is 1. The normalized spacial score (nSPS) is 17.2. The summed E-state index contributed by atoms with van der Waals surface area (Å²) >= 11 is 5.81. The van der Waals surface area contributed by atoms with Gasteiger partial charge in [-0.25, -0.2) is 4.79 Å². The molecule has 0 radical (unpaired) electrons. The monoisotopic (exact) mass is 498 g/mol. The molecule has 4 aromatic rings. The van der Waals surface area contributed by atoms with Crippen molar-refractivity contribution in [3.63, 3.8) is 0 Å². The number of pyridine rings is 1. The minimum Gasteiger partial charge on any atom is -0.508 e. The van der Waals surface area contributed by atoms with Crippen molar-refractivity contribution in [1.82, 2.24) is 14.9 Å². The molecule has 1 fully saturated rings. The number of hydrogen-bond donors (Lipinski definition) is 2. The molecule has 0 aliphatic carbocycles. The number of phenols is 1. The van der Waals surface area contributed by atoms with Crippen LogP contribution in [0, 0.1) is 13.8 Å². The number of thiocarbonyl (C=S) groups is 1. The number of anilines is 1. The van der Waals surface area contributed by atoms with Crippen molar-refractivity contribution in [3.05, 3.63) is 107 Å². The van der Waals surface area contributed by atoms with Crippen LogP contribution in [0.3, 0.4) is 0 Å². The number of carbonyl (C=O) groups is 1. The fourth-order valence-corrected chi connectivity index (χ4v) is 5.32. The molecule has 0 bridgehead atoms. The van der Waals surface area contributed by atoms with Crippen molar-refractivity contribution in [3.8, 4) is 11.4 Å². The standard InChI is InChI=1S/C28H26N4O3S/c1-17-16-22(18(2)31(17)24-10-5-4-8-21(24)27(34)35-3)26-25(23-9-6-7-15-29-23)30-28(36)32(26)19-11-13-20(33)14-12-19/h4-16,25-26,33H,1-3H3,(H,30,36). The Balaban J connectivity index is 1.69. The van der Waals surface area contributed by atoms with Gasteiger partial charge in [0.15, 0.2) is 5.11 Å². The molecule has 1 aliphatic heterocycles. The van der Waals surface area contributed by atoms with E-state index in [9.17, 15) is 9.90 Å². The smallest absolute Gasteiger partial charge is 0.339 e. The Morgan fingerprint density at radius 3 is 2.47 bits per heavy atom. The van der Waals surface area contributed by atoms with E-state index in [-0.39, 0.29) is 23.8 Å². The fraction of sp³-hybridized carbons (Fsp3) is 0.179. The second-order valence-corrected chi connectivity index (χ2v) is 9.07. The third-order valence-corrected chi connectivity index (χ3v) is 6.88. The topological polar surface area (TPSA) is 79.6 Å². The van der Waals surface area contributed by atoms with Gasteiger partial charge < -0.3 is 24.6 Å². The molecule has 2 atom stereocenters. The van der Waals surface area contributed by atoms with Gasteiger partial charge in [0.2, 0.25) is 0 Å². The number of benzene rings is 2. The van der Waals surface area contributed by atoms with E-state index in [2.05, 4.69) is 25.8 Å². The van der Waals surface area contributed by atoms with E-state index in [1.807, 2.05) is 62.4 Å². The Kier molecular flexibility index (Phi) is 6.20. The molecule has 0 amide bonds. The molecule has 2 aromatic carbocycles. The zero-order chi connectivity index (χ0) is 25.4. The van der Waals surface area contributed by atoms with Crippen LogP contribution in [-0.4, -0.2) is 32.8 Å². The summed E-state index contributed by atoms with van der Waals surface area (Å²) in [5, 5.41) is 13.9. The van der Waals surface area contributed by atoms with Crippen molar-refractivity contribution in [2.75, 3.05) is 12.0 Å². The molecular weight excluding hydrogens is 472 g/mol. The average molecular weight is 499 g/mol. The van der Waals surface area contributed by atoms with Gasteiger partial charge >= 0.3 is 5.97 Å². The van der Waals surface area contributed by atoms with Gasteiger partial charge in [0.25, 0.3) is 0 Å². The number of methoxy groups -OCH3 is 1. The lowest BCUT2D eigenvalue weighted by molar-refractivity contribution is 0.0600. The van der Waals surface area contributed by atoms with Crippen LogP contribution in [0.5, 0.6) is 5.75 Å². The van der Waals surface area contributed by atoms with E-state index in [1.165, 1.54) is 7.11 Å². The zero-order valence-corrected chi connectivity index (χ0v) is 21.0. The van der Waals surface area contributed by atoms with Gasteiger partial charge in [0.1, 0.15) is 5.75 Å². The number of para-hydroxylation sites is 1. The Morgan fingerprint density at radius 2 is 1.78 bits per heavy atom. The van der Waals surface area contributed by atoms with Gasteiger partial charge in [-0.1, -0.05) is 18.2 Å². The van der Waals surface area contributed by atoms with Crippen LogP contribution in [0.15, 0.2) is 79.0 Å². The van der Waals surface area contributed by atoms with E-state index in [4.69, 9.17) is 17.0 Å². The molecule has 182 valence electrons. The van der Waals surface area contributed by atoms with E-state index >= 15 is 0 Å². The van der Waals surface area contributed by atoms with Crippen LogP contribution in [0.2, 0.25) is 0 Å². The molecule has 8 heteroatoms. The number of rotatable bonds is 5. The molecule has 36 heavy (non-hydrogen) atoms. The first kappa shape index (κ1) is 23.6. The van der Waals surface area contributed by atoms with Crippen LogP contribution >= 0.6 is 12.2 Å². The molecule has 3 heterocycles. The summed E-state index contributed by atoms with van der Waals surface area (Å²) in [7, 11) is 1.39. The molecule has 2 N–H and O–H groups in total. The molecular formula is C28H26N4O3S. The van der Waals surface area contributed by atoms with Crippen molar-refractivity contribution in [2.24, 2.45) is 0 Å². The van der Waals surface area contributed by atoms with E-state index in [1.54, 1.807) is 24.4 Å². The zero-order valence-electron chi connectivity index (χ0n) is 20.2. The number of aryl methyl sites for hydroxylation is 1. The van der Waals surface area contributed by atoms with Gasteiger partial charge in [-0.2, -0.15) is 0 Å². The SMILES string of the molecule is COC(=O)c1ccccc1-n1c(C)cc(C2C(c3ccccn3)NC(=S)N2c2ccc(O)cc2)c1C. The number of carbonyl (C=O) groups excluding carboxylic acids is 1. The highest BCUT2D eigenvalue weighted by molar-refractivity contribution is 7.80. The van der Waals surface area contributed by atoms with E-state index in [0.29, 0.717) is 10.7 Å². The largest absolute Gasteiger partial charge is 0.508 e. The molecule has 0 saturated carbocycles. The van der Waals surface area contributed by atoms with Crippen LogP contribution in [0.4, 0.5) is 5.69 Å². The molecule has 2 unspecified atom stereocenters. The average Bonchev–Trinajstić information content (AvgIpc) is 3.39. The molecule has 1 saturated heterocycles. The molecule has 0 spiro atoms.